The van der Waals surface area contributed by atoms with Crippen LogP contribution in [0.3, 0.4) is 0 Å². The van der Waals surface area contributed by atoms with Crippen LogP contribution in [0.1, 0.15) is 13.3 Å². The molecule has 0 N–H and O–H groups in total. The fourth-order valence-corrected chi connectivity index (χ4v) is 9.41. The zero-order valence-electron chi connectivity index (χ0n) is 12.0. The Morgan fingerprint density at radius 1 is 1.15 bits per heavy atom. The maximum absolute atomic E-state index is 4.27. The molecule has 0 bridgehead atoms. The molecule has 0 saturated heterocycles. The summed E-state index contributed by atoms with van der Waals surface area (Å²) in [4.78, 5) is 4.27. The van der Waals surface area contributed by atoms with E-state index in [1.165, 1.54) is 12.0 Å². The van der Waals surface area contributed by atoms with E-state index < -0.39 is 0 Å². The fraction of sp³-hybridized carbons (Fsp3) is 0.267. The second-order valence-corrected chi connectivity index (χ2v) is 17.8. The van der Waals surface area contributed by atoms with Crippen molar-refractivity contribution < 1.29 is 47.2 Å². The molecule has 0 aromatic heterocycles. The predicted molar refractivity (Wildman–Crippen MR) is 77.7 cm³/mol. The molecule has 0 aromatic rings. The fourth-order valence-electron chi connectivity index (χ4n) is 1.96. The van der Waals surface area contributed by atoms with Crippen molar-refractivity contribution in [2.24, 2.45) is 4.99 Å². The molecule has 0 spiro atoms. The van der Waals surface area contributed by atoms with Crippen LogP contribution in [0.25, 0.3) is 0 Å². The van der Waals surface area contributed by atoms with Crippen LogP contribution in [0.4, 0.5) is 0 Å². The number of fused-ring (bicyclic) bond motifs is 1. The molecule has 1 nitrogen and oxygen atoms in total. The molecule has 20 heavy (non-hydrogen) atoms. The number of hydrogen-bond acceptors (Lipinski definition) is 1. The zero-order valence-corrected chi connectivity index (χ0v) is 16.9. The summed E-state index contributed by atoms with van der Waals surface area (Å²) in [5.41, 5.74) is 3.49. The molecule has 105 valence electrons. The molecule has 2 aliphatic carbocycles. The van der Waals surface area contributed by atoms with Gasteiger partial charge < -0.3 is 24.8 Å². The topological polar surface area (TPSA) is 12.4 Å². The van der Waals surface area contributed by atoms with Gasteiger partial charge in [-0.25, -0.2) is 0 Å². The van der Waals surface area contributed by atoms with E-state index in [0.29, 0.717) is 0 Å². The van der Waals surface area contributed by atoms with Crippen molar-refractivity contribution in [1.82, 2.24) is 0 Å². The quantitative estimate of drug-likeness (QED) is 0.475. The summed E-state index contributed by atoms with van der Waals surface area (Å²) in [5, 5.41) is 0. The molecule has 0 saturated carbocycles. The Kier molecular flexibility index (Phi) is 9.92. The van der Waals surface area contributed by atoms with Gasteiger partial charge in [-0.1, -0.05) is 12.2 Å². The Morgan fingerprint density at radius 3 is 2.45 bits per heavy atom. The Labute approximate surface area is 146 Å². The van der Waals surface area contributed by atoms with Gasteiger partial charge in [-0.15, -0.1) is 0 Å². The van der Waals surface area contributed by atoms with Crippen LogP contribution in [0.15, 0.2) is 62.1 Å². The molecule has 0 unspecified atom stereocenters. The number of allylic oxidation sites excluding steroid dienone is 8. The third-order valence-corrected chi connectivity index (χ3v) is 10.5. The first-order chi connectivity index (χ1) is 8.65. The largest absolute Gasteiger partial charge is 1.00 e. The third kappa shape index (κ3) is 6.22. The minimum atomic E-state index is -0.0345. The zero-order chi connectivity index (χ0) is 13.0. The van der Waals surface area contributed by atoms with E-state index in [1.54, 1.807) is 3.28 Å². The van der Waals surface area contributed by atoms with Crippen molar-refractivity contribution in [3.8, 4) is 0 Å². The number of halogens is 2. The van der Waals surface area contributed by atoms with Crippen LogP contribution in [-0.2, 0) is 22.4 Å². The van der Waals surface area contributed by atoms with Crippen molar-refractivity contribution in [3.63, 3.8) is 0 Å². The minimum Gasteiger partial charge on any atom is -1.00 e. The number of rotatable bonds is 2. The molecule has 1 heterocycles. The summed E-state index contributed by atoms with van der Waals surface area (Å²) in [6, 6.07) is 0. The molecule has 5 heteroatoms. The van der Waals surface area contributed by atoms with Gasteiger partial charge in [0.25, 0.3) is 0 Å². The molecular formula is C15H18Cl2NSiZr. The Bertz CT molecular complexity index is 514. The minimum absolute atomic E-state index is 0. The molecule has 1 aliphatic heterocycles. The summed E-state index contributed by atoms with van der Waals surface area (Å²) < 4.78 is 1.80. The summed E-state index contributed by atoms with van der Waals surface area (Å²) in [5.74, 6) is 0.144. The average Bonchev–Trinajstić information content (AvgIpc) is 2.94. The first-order valence-corrected chi connectivity index (χ1v) is 13.7. The van der Waals surface area contributed by atoms with E-state index in [0.717, 1.165) is 11.4 Å². The van der Waals surface area contributed by atoms with Crippen molar-refractivity contribution in [1.29, 1.82) is 0 Å². The SMILES string of the molecule is CC1=NC2=CC=CC2=C1.C[Si](C)[Zr+2][C]1=CC=CC1.[Cl-].[Cl-]. The van der Waals surface area contributed by atoms with Gasteiger partial charge in [0.2, 0.25) is 0 Å². The van der Waals surface area contributed by atoms with Gasteiger partial charge >= 0.3 is 69.3 Å². The van der Waals surface area contributed by atoms with Crippen molar-refractivity contribution in [2.45, 2.75) is 26.4 Å². The molecule has 0 fully saturated rings. The average molecular weight is 403 g/mol. The Hall–Kier alpha value is 0.0500. The van der Waals surface area contributed by atoms with Crippen LogP contribution in [0, 0.1) is 0 Å². The molecular weight excluding hydrogens is 384 g/mol. The smallest absolute Gasteiger partial charge is 1.00 e. The second-order valence-electron chi connectivity index (χ2n) is 4.71. The monoisotopic (exact) mass is 400 g/mol. The van der Waals surface area contributed by atoms with E-state index in [-0.39, 0.29) is 53.1 Å². The van der Waals surface area contributed by atoms with E-state index >= 15 is 0 Å². The number of hydrogen-bond donors (Lipinski definition) is 0. The van der Waals surface area contributed by atoms with Gasteiger partial charge in [-0.05, 0) is 19.1 Å². The summed E-state index contributed by atoms with van der Waals surface area (Å²) in [7, 11) is 0. The van der Waals surface area contributed by atoms with Crippen LogP contribution in [-0.4, -0.2) is 11.6 Å². The third-order valence-electron chi connectivity index (χ3n) is 2.67. The normalized spacial score (nSPS) is 16.8. The molecule has 0 amide bonds. The van der Waals surface area contributed by atoms with Gasteiger partial charge in [0.15, 0.2) is 0 Å². The summed E-state index contributed by atoms with van der Waals surface area (Å²) in [6.45, 7) is 6.89. The molecule has 0 aromatic carbocycles. The maximum atomic E-state index is 4.27. The van der Waals surface area contributed by atoms with Gasteiger partial charge in [0.1, 0.15) is 0 Å². The first kappa shape index (κ1) is 20.1. The predicted octanol–water partition coefficient (Wildman–Crippen LogP) is -1.99. The second kappa shape index (κ2) is 9.89. The van der Waals surface area contributed by atoms with E-state index in [2.05, 4.69) is 48.5 Å². The van der Waals surface area contributed by atoms with Crippen molar-refractivity contribution >= 4 is 11.6 Å². The van der Waals surface area contributed by atoms with Crippen LogP contribution in [0.2, 0.25) is 13.1 Å². The van der Waals surface area contributed by atoms with Crippen molar-refractivity contribution in [2.75, 3.05) is 0 Å². The Morgan fingerprint density at radius 2 is 1.90 bits per heavy atom. The molecule has 3 aliphatic rings. The first-order valence-electron chi connectivity index (χ1n) is 6.24. The molecule has 0 atom stereocenters. The van der Waals surface area contributed by atoms with E-state index in [4.69, 9.17) is 0 Å². The summed E-state index contributed by atoms with van der Waals surface area (Å²) >= 11 is -0.0345. The van der Waals surface area contributed by atoms with Crippen molar-refractivity contribution in [3.05, 3.63) is 57.1 Å². The molecule has 1 radical (unpaired) electrons. The number of aliphatic imine (C=N–C) groups is 1. The van der Waals surface area contributed by atoms with Gasteiger partial charge in [0, 0.05) is 11.3 Å². The Balaban J connectivity index is 0.000000328. The van der Waals surface area contributed by atoms with Gasteiger partial charge in [0.05, 0.1) is 5.70 Å². The maximum Gasteiger partial charge on any atom is -1.00 e. The van der Waals surface area contributed by atoms with Gasteiger partial charge in [-0.2, -0.15) is 0 Å². The summed E-state index contributed by atoms with van der Waals surface area (Å²) in [6.07, 6.45) is 16.3. The van der Waals surface area contributed by atoms with E-state index in [9.17, 15) is 0 Å². The van der Waals surface area contributed by atoms with Crippen LogP contribution >= 0.6 is 0 Å². The van der Waals surface area contributed by atoms with E-state index in [1.807, 2.05) is 19.1 Å². The standard InChI is InChI=1S/C8H7N.C5H5.C2H6Si.2ClH.Zr/c1-6-5-7-3-2-4-8(7)9-6;1-2-4-5-3-1;1-3-2;;;/h2-5H,1H3;1-3H,4H2;1-2H3;2*1H;/q;;;;;+2/p-2. The van der Waals surface area contributed by atoms with Crippen LogP contribution in [0.5, 0.6) is 0 Å². The van der Waals surface area contributed by atoms with Crippen LogP contribution < -0.4 is 24.8 Å². The van der Waals surface area contributed by atoms with Gasteiger partial charge in [-0.3, -0.25) is 4.99 Å². The molecule has 3 rings (SSSR count). The number of nitrogens with zero attached hydrogens (tertiary/aromatic N) is 1.